The van der Waals surface area contributed by atoms with Gasteiger partial charge in [0.15, 0.2) is 0 Å². The molecule has 1 atom stereocenters. The highest BCUT2D eigenvalue weighted by Crippen LogP contribution is 2.37. The highest BCUT2D eigenvalue weighted by atomic mass is 35.5. The maximum Gasteiger partial charge on any atom is 0.251 e. The summed E-state index contributed by atoms with van der Waals surface area (Å²) in [5, 5.41) is 0.627. The maximum atomic E-state index is 13.7. The number of piperazine rings is 1. The summed E-state index contributed by atoms with van der Waals surface area (Å²) in [6.45, 7) is 5.23. The SMILES string of the molecule is CC(C)N1CC(=O)N(Cc2ccc(Cl)cc2)C2(CCN(c3cc[nH]c(=O)c3)C2)C1=O. The highest BCUT2D eigenvalue weighted by Gasteiger charge is 2.56. The van der Waals surface area contributed by atoms with Gasteiger partial charge in [0.05, 0.1) is 6.54 Å². The van der Waals surface area contributed by atoms with Gasteiger partial charge in [-0.3, -0.25) is 14.4 Å². The lowest BCUT2D eigenvalue weighted by Crippen LogP contribution is -2.69. The summed E-state index contributed by atoms with van der Waals surface area (Å²) in [5.41, 5.74) is 0.528. The van der Waals surface area contributed by atoms with Crippen LogP contribution in [0.4, 0.5) is 5.69 Å². The molecule has 7 nitrogen and oxygen atoms in total. The van der Waals surface area contributed by atoms with Crippen LogP contribution in [0, 0.1) is 0 Å². The number of hydrogen-bond acceptors (Lipinski definition) is 4. The molecular formula is C22H25ClN4O3. The largest absolute Gasteiger partial charge is 0.368 e. The van der Waals surface area contributed by atoms with Crippen LogP contribution in [0.25, 0.3) is 0 Å². The molecular weight excluding hydrogens is 404 g/mol. The van der Waals surface area contributed by atoms with Crippen LogP contribution in [0.1, 0.15) is 25.8 Å². The van der Waals surface area contributed by atoms with Crippen molar-refractivity contribution >= 4 is 29.1 Å². The van der Waals surface area contributed by atoms with Crippen molar-refractivity contribution in [1.82, 2.24) is 14.8 Å². The third kappa shape index (κ3) is 3.58. The van der Waals surface area contributed by atoms with E-state index >= 15 is 0 Å². The zero-order chi connectivity index (χ0) is 21.5. The predicted octanol–water partition coefficient (Wildman–Crippen LogP) is 2.26. The molecule has 158 valence electrons. The van der Waals surface area contributed by atoms with Crippen LogP contribution in [0.15, 0.2) is 47.4 Å². The third-order valence-corrected chi connectivity index (χ3v) is 6.28. The van der Waals surface area contributed by atoms with Crippen LogP contribution in [-0.2, 0) is 16.1 Å². The zero-order valence-corrected chi connectivity index (χ0v) is 17.9. The molecule has 2 amide bonds. The van der Waals surface area contributed by atoms with Crippen LogP contribution >= 0.6 is 11.6 Å². The van der Waals surface area contributed by atoms with E-state index in [9.17, 15) is 14.4 Å². The molecule has 30 heavy (non-hydrogen) atoms. The Balaban J connectivity index is 1.70. The summed E-state index contributed by atoms with van der Waals surface area (Å²) in [5.74, 6) is -0.0931. The first-order valence-electron chi connectivity index (χ1n) is 10.1. The number of pyridine rings is 1. The van der Waals surface area contributed by atoms with Gasteiger partial charge in [-0.05, 0) is 44.0 Å². The summed E-state index contributed by atoms with van der Waals surface area (Å²) < 4.78 is 0. The number of carbonyl (C=O) groups is 2. The van der Waals surface area contributed by atoms with E-state index in [2.05, 4.69) is 4.98 Å². The number of aromatic amines is 1. The van der Waals surface area contributed by atoms with Crippen molar-refractivity contribution in [3.63, 3.8) is 0 Å². The third-order valence-electron chi connectivity index (χ3n) is 6.03. The lowest BCUT2D eigenvalue weighted by Gasteiger charge is -2.48. The Bertz CT molecular complexity index is 1020. The molecule has 4 rings (SSSR count). The first kappa shape index (κ1) is 20.5. The Hall–Kier alpha value is -2.80. The summed E-state index contributed by atoms with van der Waals surface area (Å²) in [6, 6.07) is 10.6. The van der Waals surface area contributed by atoms with E-state index in [1.165, 1.54) is 6.07 Å². The second-order valence-electron chi connectivity index (χ2n) is 8.25. The van der Waals surface area contributed by atoms with Crippen LogP contribution < -0.4 is 10.5 Å². The topological polar surface area (TPSA) is 76.7 Å². The number of rotatable bonds is 4. The molecule has 3 heterocycles. The van der Waals surface area contributed by atoms with Crippen molar-refractivity contribution in [2.45, 2.75) is 38.4 Å². The molecule has 1 N–H and O–H groups in total. The summed E-state index contributed by atoms with van der Waals surface area (Å²) in [7, 11) is 0. The van der Waals surface area contributed by atoms with E-state index in [1.807, 2.05) is 36.9 Å². The van der Waals surface area contributed by atoms with Gasteiger partial charge in [0.1, 0.15) is 12.1 Å². The van der Waals surface area contributed by atoms with Crippen LogP contribution in [0.2, 0.25) is 5.02 Å². The number of benzene rings is 1. The zero-order valence-electron chi connectivity index (χ0n) is 17.1. The van der Waals surface area contributed by atoms with Crippen molar-refractivity contribution in [1.29, 1.82) is 0 Å². The van der Waals surface area contributed by atoms with E-state index < -0.39 is 5.54 Å². The number of H-pyrrole nitrogens is 1. The lowest BCUT2D eigenvalue weighted by molar-refractivity contribution is -0.166. The van der Waals surface area contributed by atoms with Crippen LogP contribution in [0.5, 0.6) is 0 Å². The van der Waals surface area contributed by atoms with Crippen molar-refractivity contribution in [3.8, 4) is 0 Å². The monoisotopic (exact) mass is 428 g/mol. The van der Waals surface area contributed by atoms with Crippen LogP contribution in [-0.4, -0.2) is 57.8 Å². The molecule has 1 unspecified atom stereocenters. The van der Waals surface area contributed by atoms with Gasteiger partial charge in [0, 0.05) is 42.1 Å². The van der Waals surface area contributed by atoms with E-state index in [1.54, 1.807) is 28.1 Å². The van der Waals surface area contributed by atoms with Gasteiger partial charge in [-0.2, -0.15) is 0 Å². The molecule has 0 aliphatic carbocycles. The number of hydrogen-bond donors (Lipinski definition) is 1. The number of aromatic nitrogens is 1. The first-order chi connectivity index (χ1) is 14.3. The molecule has 1 spiro atoms. The predicted molar refractivity (Wildman–Crippen MR) is 115 cm³/mol. The fraction of sp³-hybridized carbons (Fsp3) is 0.409. The number of nitrogens with one attached hydrogen (secondary N) is 1. The number of nitrogens with zero attached hydrogens (tertiary/aromatic N) is 3. The molecule has 0 saturated carbocycles. The quantitative estimate of drug-likeness (QED) is 0.810. The van der Waals surface area contributed by atoms with Gasteiger partial charge in [-0.1, -0.05) is 23.7 Å². The van der Waals surface area contributed by atoms with Gasteiger partial charge in [-0.25, -0.2) is 0 Å². The average Bonchev–Trinajstić information content (AvgIpc) is 3.16. The molecule has 0 bridgehead atoms. The number of halogens is 1. The van der Waals surface area contributed by atoms with Gasteiger partial charge in [0.25, 0.3) is 5.91 Å². The van der Waals surface area contributed by atoms with Crippen molar-refractivity contribution in [3.05, 3.63) is 63.5 Å². The molecule has 2 saturated heterocycles. The Morgan fingerprint density at radius 3 is 2.53 bits per heavy atom. The van der Waals surface area contributed by atoms with E-state index in [4.69, 9.17) is 11.6 Å². The minimum Gasteiger partial charge on any atom is -0.368 e. The van der Waals surface area contributed by atoms with Crippen molar-refractivity contribution in [2.75, 3.05) is 24.5 Å². The fourth-order valence-electron chi connectivity index (χ4n) is 4.39. The maximum absolute atomic E-state index is 13.7. The van der Waals surface area contributed by atoms with Gasteiger partial charge < -0.3 is 19.7 Å². The molecule has 2 fully saturated rings. The second kappa shape index (κ2) is 7.80. The van der Waals surface area contributed by atoms with E-state index in [0.717, 1.165) is 11.3 Å². The molecule has 1 aromatic heterocycles. The lowest BCUT2D eigenvalue weighted by atomic mass is 9.89. The minimum absolute atomic E-state index is 0.0293. The van der Waals surface area contributed by atoms with Crippen molar-refractivity contribution in [2.24, 2.45) is 0 Å². The van der Waals surface area contributed by atoms with Gasteiger partial charge >= 0.3 is 0 Å². The molecule has 2 aliphatic heterocycles. The van der Waals surface area contributed by atoms with Crippen molar-refractivity contribution < 1.29 is 9.59 Å². The van der Waals surface area contributed by atoms with Crippen LogP contribution in [0.3, 0.4) is 0 Å². The number of carbonyl (C=O) groups excluding carboxylic acids is 2. The summed E-state index contributed by atoms with van der Waals surface area (Å²) in [4.78, 5) is 46.7. The smallest absolute Gasteiger partial charge is 0.251 e. The number of amides is 2. The first-order valence-corrected chi connectivity index (χ1v) is 10.5. The van der Waals surface area contributed by atoms with E-state index in [-0.39, 0.29) is 30.0 Å². The Morgan fingerprint density at radius 1 is 1.13 bits per heavy atom. The molecule has 1 aromatic carbocycles. The normalized spacial score (nSPS) is 21.9. The Morgan fingerprint density at radius 2 is 1.87 bits per heavy atom. The molecule has 2 aliphatic rings. The van der Waals surface area contributed by atoms with Gasteiger partial charge in [0.2, 0.25) is 11.5 Å². The Labute approximate surface area is 180 Å². The second-order valence-corrected chi connectivity index (χ2v) is 8.68. The minimum atomic E-state index is -0.957. The standard InChI is InChI=1S/C22H25ClN4O3/c1-15(2)26-13-20(29)27(12-16-3-5-17(23)6-4-16)22(21(26)30)8-10-25(14-22)18-7-9-24-19(28)11-18/h3-7,9,11,15H,8,10,12-14H2,1-2H3,(H,24,28). The fourth-order valence-corrected chi connectivity index (χ4v) is 4.52. The summed E-state index contributed by atoms with van der Waals surface area (Å²) >= 11 is 6.00. The average molecular weight is 429 g/mol. The summed E-state index contributed by atoms with van der Waals surface area (Å²) in [6.07, 6.45) is 2.11. The Kier molecular flexibility index (Phi) is 5.32. The van der Waals surface area contributed by atoms with E-state index in [0.29, 0.717) is 31.1 Å². The van der Waals surface area contributed by atoms with Gasteiger partial charge in [-0.15, -0.1) is 0 Å². The molecule has 0 radical (unpaired) electrons. The number of anilines is 1. The highest BCUT2D eigenvalue weighted by molar-refractivity contribution is 6.30. The molecule has 8 heteroatoms. The molecule has 2 aromatic rings.